The van der Waals surface area contributed by atoms with Crippen LogP contribution in [-0.2, 0) is 0 Å². The van der Waals surface area contributed by atoms with Crippen LogP contribution >= 0.6 is 11.3 Å². The standard InChI is InChI=1S/C23H28N2S.C2H6/c1-5-8-9-12-19(6-2)17-24-20(7-3)16-15-18(4)23-25-21-13-10-11-14-22(21)26-23;1-2/h6-11,13-16,24H,3,5,12,17H2,1-2,4H3;1-2H3/b9-8-,18-15+,19-6+,20-16+;. The van der Waals surface area contributed by atoms with E-state index >= 15 is 0 Å². The average molecular weight is 395 g/mol. The van der Waals surface area contributed by atoms with Gasteiger partial charge in [0.2, 0.25) is 0 Å². The topological polar surface area (TPSA) is 24.9 Å². The third-order valence-electron chi connectivity index (χ3n) is 4.07. The fraction of sp³-hybridized carbons (Fsp3) is 0.320. The predicted octanol–water partition coefficient (Wildman–Crippen LogP) is 7.69. The van der Waals surface area contributed by atoms with Crippen molar-refractivity contribution in [2.24, 2.45) is 0 Å². The van der Waals surface area contributed by atoms with E-state index in [1.807, 2.05) is 26.0 Å². The highest BCUT2D eigenvalue weighted by molar-refractivity contribution is 7.19. The highest BCUT2D eigenvalue weighted by Crippen LogP contribution is 2.26. The lowest BCUT2D eigenvalue weighted by atomic mass is 10.1. The van der Waals surface area contributed by atoms with Crippen LogP contribution in [0.2, 0.25) is 0 Å². The second-order valence-electron chi connectivity index (χ2n) is 6.05. The molecule has 0 saturated carbocycles. The Labute approximate surface area is 175 Å². The smallest absolute Gasteiger partial charge is 0.120 e. The molecule has 2 aromatic rings. The lowest BCUT2D eigenvalue weighted by Gasteiger charge is -2.09. The van der Waals surface area contributed by atoms with Gasteiger partial charge in [-0.15, -0.1) is 11.3 Å². The van der Waals surface area contributed by atoms with Gasteiger partial charge in [0.15, 0.2) is 0 Å². The van der Waals surface area contributed by atoms with Crippen LogP contribution in [0, 0.1) is 0 Å². The minimum absolute atomic E-state index is 0.830. The molecule has 0 aliphatic carbocycles. The van der Waals surface area contributed by atoms with Crippen molar-refractivity contribution in [3.05, 3.63) is 83.6 Å². The predicted molar refractivity (Wildman–Crippen MR) is 129 cm³/mol. The number of hydrogen-bond acceptors (Lipinski definition) is 3. The molecule has 1 aromatic carbocycles. The van der Waals surface area contributed by atoms with Crippen LogP contribution in [-0.4, -0.2) is 11.5 Å². The molecular weight excluding hydrogens is 360 g/mol. The number of allylic oxidation sites excluding steroid dienone is 7. The first-order valence-electron chi connectivity index (χ1n) is 10.1. The van der Waals surface area contributed by atoms with E-state index in [0.717, 1.165) is 41.2 Å². The van der Waals surface area contributed by atoms with Gasteiger partial charge in [0, 0.05) is 12.2 Å². The van der Waals surface area contributed by atoms with E-state index in [-0.39, 0.29) is 0 Å². The molecule has 3 heteroatoms. The largest absolute Gasteiger partial charge is 0.381 e. The Bertz CT molecular complexity index is 817. The quantitative estimate of drug-likeness (QED) is 0.348. The van der Waals surface area contributed by atoms with Gasteiger partial charge in [0.25, 0.3) is 0 Å². The van der Waals surface area contributed by atoms with E-state index in [2.05, 4.69) is 81.2 Å². The molecule has 0 fully saturated rings. The van der Waals surface area contributed by atoms with Crippen molar-refractivity contribution >= 4 is 27.1 Å². The maximum atomic E-state index is 4.70. The van der Waals surface area contributed by atoms with Gasteiger partial charge in [-0.05, 0) is 56.5 Å². The fourth-order valence-electron chi connectivity index (χ4n) is 2.44. The fourth-order valence-corrected chi connectivity index (χ4v) is 3.38. The molecule has 28 heavy (non-hydrogen) atoms. The molecule has 0 saturated heterocycles. The number of hydrogen-bond donors (Lipinski definition) is 1. The normalized spacial score (nSPS) is 12.8. The molecule has 1 aromatic heterocycles. The molecule has 0 amide bonds. The molecule has 0 atom stereocenters. The van der Waals surface area contributed by atoms with Crippen molar-refractivity contribution in [3.8, 4) is 0 Å². The molecule has 2 rings (SSSR count). The third-order valence-corrected chi connectivity index (χ3v) is 5.25. The summed E-state index contributed by atoms with van der Waals surface area (Å²) in [5, 5.41) is 4.52. The van der Waals surface area contributed by atoms with Crippen LogP contribution in [0.15, 0.2) is 78.6 Å². The number of fused-ring (bicyclic) bond motifs is 1. The van der Waals surface area contributed by atoms with Crippen LogP contribution in [0.1, 0.15) is 52.5 Å². The average Bonchev–Trinajstić information content (AvgIpc) is 3.18. The number of nitrogens with one attached hydrogen (secondary N) is 1. The van der Waals surface area contributed by atoms with E-state index in [1.54, 1.807) is 11.3 Å². The molecule has 0 aliphatic heterocycles. The lowest BCUT2D eigenvalue weighted by Crippen LogP contribution is -2.15. The minimum atomic E-state index is 0.830. The maximum absolute atomic E-state index is 4.70. The number of thiazole rings is 1. The van der Waals surface area contributed by atoms with Gasteiger partial charge in [-0.2, -0.15) is 0 Å². The summed E-state index contributed by atoms with van der Waals surface area (Å²) in [7, 11) is 0. The van der Waals surface area contributed by atoms with Crippen molar-refractivity contribution in [1.82, 2.24) is 10.3 Å². The van der Waals surface area contributed by atoms with E-state index in [4.69, 9.17) is 4.98 Å². The van der Waals surface area contributed by atoms with Gasteiger partial charge in [-0.25, -0.2) is 4.98 Å². The Hall–Kier alpha value is -2.39. The Balaban J connectivity index is 0.00000190. The summed E-state index contributed by atoms with van der Waals surface area (Å²) in [5.74, 6) is 0. The molecule has 150 valence electrons. The summed E-state index contributed by atoms with van der Waals surface area (Å²) in [6.45, 7) is 15.1. The number of para-hydroxylation sites is 1. The van der Waals surface area contributed by atoms with Gasteiger partial charge in [0.1, 0.15) is 5.01 Å². The van der Waals surface area contributed by atoms with E-state index < -0.39 is 0 Å². The first kappa shape index (κ1) is 23.6. The molecular formula is C25H34N2S. The Morgan fingerprint density at radius 1 is 1.18 bits per heavy atom. The SMILES string of the molecule is C=C/C(=C\C=C(/C)c1nc2ccccc2s1)NC/C(=C/C)C/C=C\CC.CC. The molecule has 1 N–H and O–H groups in total. The number of nitrogens with zero attached hydrogens (tertiary/aromatic N) is 1. The zero-order valence-electron chi connectivity index (χ0n) is 18.0. The van der Waals surface area contributed by atoms with E-state index in [0.29, 0.717) is 0 Å². The summed E-state index contributed by atoms with van der Waals surface area (Å²) in [6.07, 6.45) is 14.7. The second-order valence-corrected chi connectivity index (χ2v) is 7.08. The van der Waals surface area contributed by atoms with Gasteiger partial charge < -0.3 is 5.32 Å². The van der Waals surface area contributed by atoms with Gasteiger partial charge >= 0.3 is 0 Å². The third kappa shape index (κ3) is 7.69. The summed E-state index contributed by atoms with van der Waals surface area (Å²) in [5.41, 5.74) is 4.60. The zero-order chi connectivity index (χ0) is 20.8. The Kier molecular flexibility index (Phi) is 11.6. The molecule has 0 spiro atoms. The molecule has 1 heterocycles. The first-order chi connectivity index (χ1) is 13.7. The molecule has 0 unspecified atom stereocenters. The Morgan fingerprint density at radius 3 is 2.57 bits per heavy atom. The highest BCUT2D eigenvalue weighted by atomic mass is 32.1. The summed E-state index contributed by atoms with van der Waals surface area (Å²) >= 11 is 1.73. The van der Waals surface area contributed by atoms with Crippen LogP contribution in [0.4, 0.5) is 0 Å². The van der Waals surface area contributed by atoms with Crippen LogP contribution in [0.3, 0.4) is 0 Å². The highest BCUT2D eigenvalue weighted by Gasteiger charge is 2.04. The summed E-state index contributed by atoms with van der Waals surface area (Å²) in [6, 6.07) is 8.25. The van der Waals surface area contributed by atoms with Crippen molar-refractivity contribution in [2.75, 3.05) is 6.54 Å². The zero-order valence-corrected chi connectivity index (χ0v) is 18.8. The second kappa shape index (κ2) is 13.7. The van der Waals surface area contributed by atoms with Crippen LogP contribution in [0.25, 0.3) is 15.8 Å². The number of rotatable bonds is 9. The van der Waals surface area contributed by atoms with Crippen LogP contribution in [0.5, 0.6) is 0 Å². The van der Waals surface area contributed by atoms with E-state index in [9.17, 15) is 0 Å². The van der Waals surface area contributed by atoms with Crippen molar-refractivity contribution in [3.63, 3.8) is 0 Å². The van der Waals surface area contributed by atoms with E-state index in [1.165, 1.54) is 10.3 Å². The minimum Gasteiger partial charge on any atom is -0.381 e. The van der Waals surface area contributed by atoms with Gasteiger partial charge in [-0.1, -0.05) is 69.4 Å². The van der Waals surface area contributed by atoms with Gasteiger partial charge in [0.05, 0.1) is 10.2 Å². The molecule has 2 nitrogen and oxygen atoms in total. The van der Waals surface area contributed by atoms with Crippen molar-refractivity contribution < 1.29 is 0 Å². The number of aromatic nitrogens is 1. The van der Waals surface area contributed by atoms with Crippen LogP contribution < -0.4 is 5.32 Å². The summed E-state index contributed by atoms with van der Waals surface area (Å²) in [4.78, 5) is 4.70. The maximum Gasteiger partial charge on any atom is 0.120 e. The number of benzene rings is 1. The molecule has 0 bridgehead atoms. The van der Waals surface area contributed by atoms with Crippen molar-refractivity contribution in [2.45, 2.75) is 47.5 Å². The Morgan fingerprint density at radius 2 is 1.93 bits per heavy atom. The monoisotopic (exact) mass is 394 g/mol. The van der Waals surface area contributed by atoms with Crippen molar-refractivity contribution in [1.29, 1.82) is 0 Å². The van der Waals surface area contributed by atoms with Gasteiger partial charge in [-0.3, -0.25) is 0 Å². The molecule has 0 radical (unpaired) electrons. The lowest BCUT2D eigenvalue weighted by molar-refractivity contribution is 0.872. The molecule has 0 aliphatic rings. The first-order valence-corrected chi connectivity index (χ1v) is 10.9. The summed E-state index contributed by atoms with van der Waals surface area (Å²) < 4.78 is 1.22.